The molecule has 0 N–H and O–H groups in total. The third-order valence-corrected chi connectivity index (χ3v) is 9.87. The van der Waals surface area contributed by atoms with Gasteiger partial charge in [0.15, 0.2) is 0 Å². The molecule has 5 rings (SSSR count). The van der Waals surface area contributed by atoms with Gasteiger partial charge in [-0.25, -0.2) is 12.7 Å². The maximum absolute atomic E-state index is 13.0. The maximum Gasteiger partial charge on any atom is 0.416 e. The van der Waals surface area contributed by atoms with Crippen LogP contribution in [0.3, 0.4) is 0 Å². The van der Waals surface area contributed by atoms with Gasteiger partial charge in [-0.05, 0) is 55.8 Å². The Hall–Kier alpha value is -1.78. The third-order valence-electron chi connectivity index (χ3n) is 7.57. The summed E-state index contributed by atoms with van der Waals surface area (Å²) in [6.07, 6.45) is 1.77. The lowest BCUT2D eigenvalue weighted by Crippen LogP contribution is -2.46. The van der Waals surface area contributed by atoms with Gasteiger partial charge in [-0.1, -0.05) is 18.2 Å². The zero-order chi connectivity index (χ0) is 23.4. The lowest BCUT2D eigenvalue weighted by atomic mass is 9.92. The summed E-state index contributed by atoms with van der Waals surface area (Å²) in [4.78, 5) is 17.0. The molecule has 3 fully saturated rings. The van der Waals surface area contributed by atoms with Gasteiger partial charge in [0.25, 0.3) is 0 Å². The zero-order valence-electron chi connectivity index (χ0n) is 18.7. The van der Waals surface area contributed by atoms with E-state index in [1.165, 1.54) is 12.1 Å². The van der Waals surface area contributed by atoms with Gasteiger partial charge in [0.05, 0.1) is 16.7 Å². The molecule has 2 aliphatic carbocycles. The minimum Gasteiger partial charge on any atom is -0.369 e. The number of sulfonamides is 1. The van der Waals surface area contributed by atoms with E-state index >= 15 is 0 Å². The number of unbranched alkanes of at least 4 members (excludes halogenated alkanes) is 1. The number of nitrogens with zero attached hydrogens (tertiary/aromatic N) is 3. The number of halogens is 4. The molecule has 34 heavy (non-hydrogen) atoms. The Morgan fingerprint density at radius 3 is 2.32 bits per heavy atom. The highest BCUT2D eigenvalue weighted by Crippen LogP contribution is 2.52. The number of anilines is 1. The van der Waals surface area contributed by atoms with Crippen LogP contribution in [-0.2, 0) is 21.0 Å². The predicted molar refractivity (Wildman–Crippen MR) is 125 cm³/mol. The number of benzene rings is 1. The van der Waals surface area contributed by atoms with E-state index in [4.69, 9.17) is 0 Å². The Labute approximate surface area is 204 Å². The van der Waals surface area contributed by atoms with Crippen molar-refractivity contribution in [2.75, 3.05) is 44.2 Å². The molecule has 4 aliphatic rings. The maximum atomic E-state index is 13.0. The van der Waals surface area contributed by atoms with E-state index in [9.17, 15) is 26.4 Å². The normalized spacial score (nSPS) is 30.0. The molecule has 1 amide bonds. The Morgan fingerprint density at radius 2 is 1.65 bits per heavy atom. The minimum atomic E-state index is -4.35. The first-order valence-corrected chi connectivity index (χ1v) is 13.0. The number of amides is 1. The number of hydrogen-bond acceptors (Lipinski definition) is 5. The van der Waals surface area contributed by atoms with Crippen molar-refractivity contribution in [2.24, 2.45) is 17.8 Å². The van der Waals surface area contributed by atoms with Crippen molar-refractivity contribution in [1.29, 1.82) is 0 Å². The van der Waals surface area contributed by atoms with E-state index in [1.54, 1.807) is 6.07 Å². The van der Waals surface area contributed by atoms with Crippen molar-refractivity contribution < 1.29 is 26.4 Å². The van der Waals surface area contributed by atoms with Crippen molar-refractivity contribution in [2.45, 2.75) is 30.7 Å². The number of fused-ring (bicyclic) bond motifs is 5. The van der Waals surface area contributed by atoms with E-state index in [2.05, 4.69) is 4.90 Å². The molecule has 2 heterocycles. The molecule has 11 heteroatoms. The third kappa shape index (κ3) is 4.44. The van der Waals surface area contributed by atoms with Crippen LogP contribution in [0, 0.1) is 17.8 Å². The zero-order valence-corrected chi connectivity index (χ0v) is 20.3. The van der Waals surface area contributed by atoms with Crippen LogP contribution in [0.25, 0.3) is 0 Å². The lowest BCUT2D eigenvalue weighted by Gasteiger charge is -2.36. The van der Waals surface area contributed by atoms with Crippen molar-refractivity contribution in [3.63, 3.8) is 0 Å². The summed E-state index contributed by atoms with van der Waals surface area (Å²) in [6, 6.07) is 5.42. The summed E-state index contributed by atoms with van der Waals surface area (Å²) in [5.41, 5.74) is -0.0574. The Morgan fingerprint density at radius 1 is 0.971 bits per heavy atom. The van der Waals surface area contributed by atoms with Gasteiger partial charge in [-0.3, -0.25) is 9.69 Å². The molecule has 2 saturated heterocycles. The fourth-order valence-electron chi connectivity index (χ4n) is 5.88. The second-order valence-corrected chi connectivity index (χ2v) is 11.5. The summed E-state index contributed by atoms with van der Waals surface area (Å²) >= 11 is 0. The molecule has 0 radical (unpaired) electrons. The van der Waals surface area contributed by atoms with E-state index in [1.807, 2.05) is 17.1 Å². The summed E-state index contributed by atoms with van der Waals surface area (Å²) in [5, 5.41) is -0.566. The molecule has 1 aromatic carbocycles. The smallest absolute Gasteiger partial charge is 0.369 e. The number of alkyl halides is 3. The number of carbonyl (C=O) groups is 1. The van der Waals surface area contributed by atoms with Gasteiger partial charge < -0.3 is 4.90 Å². The summed E-state index contributed by atoms with van der Waals surface area (Å²) in [7, 11) is -3.57. The van der Waals surface area contributed by atoms with Crippen LogP contribution in [0.2, 0.25) is 0 Å². The molecule has 2 bridgehead atoms. The van der Waals surface area contributed by atoms with Gasteiger partial charge in [-0.15, -0.1) is 12.4 Å². The number of carbonyl (C=O) groups excluding carboxylic acids is 1. The van der Waals surface area contributed by atoms with E-state index in [0.717, 1.165) is 42.8 Å². The van der Waals surface area contributed by atoms with Crippen LogP contribution in [0.15, 0.2) is 36.4 Å². The van der Waals surface area contributed by atoms with Crippen molar-refractivity contribution in [3.8, 4) is 0 Å². The minimum absolute atomic E-state index is 0. The molecule has 6 nitrogen and oxygen atoms in total. The van der Waals surface area contributed by atoms with Crippen LogP contribution in [-0.4, -0.2) is 68.0 Å². The van der Waals surface area contributed by atoms with Crippen molar-refractivity contribution >= 4 is 34.0 Å². The van der Waals surface area contributed by atoms with E-state index in [-0.39, 0.29) is 36.7 Å². The highest BCUT2D eigenvalue weighted by Gasteiger charge is 2.62. The molecule has 4 atom stereocenters. The van der Waals surface area contributed by atoms with Crippen LogP contribution < -0.4 is 4.90 Å². The van der Waals surface area contributed by atoms with Crippen molar-refractivity contribution in [3.05, 3.63) is 42.0 Å². The molecule has 1 aromatic rings. The first-order chi connectivity index (χ1) is 15.7. The number of allylic oxidation sites excluding steroid dienone is 2. The van der Waals surface area contributed by atoms with Crippen LogP contribution in [0.1, 0.15) is 24.8 Å². The van der Waals surface area contributed by atoms with E-state index in [0.29, 0.717) is 25.2 Å². The van der Waals surface area contributed by atoms with Gasteiger partial charge in [0, 0.05) is 38.4 Å². The number of piperazine rings is 1. The average molecular weight is 520 g/mol. The largest absolute Gasteiger partial charge is 0.416 e. The molecular formula is C23H29ClF3N3O3S. The molecule has 188 valence electrons. The molecular weight excluding hydrogens is 491 g/mol. The Kier molecular flexibility index (Phi) is 6.96. The highest BCUT2D eigenvalue weighted by molar-refractivity contribution is 7.90. The standard InChI is InChI=1S/C23H28F3N3O3S.ClH/c24-23(25,26)18-4-3-5-19(15-18)28-12-10-27(11-13-28)8-1-2-9-29-22(30)20-16-6-7-17(14-16)21(20)33(29,31)32;/h3-7,15-17,20-21H,1-2,8-14H2;1H. The molecule has 4 unspecified atom stereocenters. The Bertz CT molecular complexity index is 1060. The first kappa shape index (κ1) is 25.3. The Balaban J connectivity index is 0.00000274. The van der Waals surface area contributed by atoms with Gasteiger partial charge in [0.2, 0.25) is 15.9 Å². The van der Waals surface area contributed by atoms with Gasteiger partial charge in [0.1, 0.15) is 0 Å². The summed E-state index contributed by atoms with van der Waals surface area (Å²) < 4.78 is 65.9. The lowest BCUT2D eigenvalue weighted by molar-refractivity contribution is -0.137. The second-order valence-electron chi connectivity index (χ2n) is 9.48. The van der Waals surface area contributed by atoms with Gasteiger partial charge >= 0.3 is 6.18 Å². The average Bonchev–Trinajstić information content (AvgIpc) is 3.45. The monoisotopic (exact) mass is 519 g/mol. The molecule has 1 saturated carbocycles. The topological polar surface area (TPSA) is 60.9 Å². The fraction of sp³-hybridized carbons (Fsp3) is 0.609. The summed E-state index contributed by atoms with van der Waals surface area (Å²) in [5.74, 6) is -0.576. The highest BCUT2D eigenvalue weighted by atomic mass is 35.5. The SMILES string of the molecule is Cl.O=C1C2C3C=CC(C3)C2S(=O)(=O)N1CCCCN1CCN(c2cccc(C(F)(F)F)c2)CC1. The number of hydrogen-bond donors (Lipinski definition) is 0. The first-order valence-electron chi connectivity index (χ1n) is 11.5. The van der Waals surface area contributed by atoms with E-state index < -0.39 is 32.9 Å². The van der Waals surface area contributed by atoms with Crippen molar-refractivity contribution in [1.82, 2.24) is 9.21 Å². The van der Waals surface area contributed by atoms with Crippen LogP contribution >= 0.6 is 12.4 Å². The van der Waals surface area contributed by atoms with Gasteiger partial charge in [-0.2, -0.15) is 13.2 Å². The fourth-order valence-corrected chi connectivity index (χ4v) is 8.26. The molecule has 2 aliphatic heterocycles. The predicted octanol–water partition coefficient (Wildman–Crippen LogP) is 3.39. The summed E-state index contributed by atoms with van der Waals surface area (Å²) in [6.45, 7) is 3.75. The quantitative estimate of drug-likeness (QED) is 0.426. The van der Waals surface area contributed by atoms with Crippen LogP contribution in [0.5, 0.6) is 0 Å². The van der Waals surface area contributed by atoms with Crippen LogP contribution in [0.4, 0.5) is 18.9 Å². The molecule has 0 spiro atoms. The molecule has 0 aromatic heterocycles. The second kappa shape index (κ2) is 9.35. The number of rotatable bonds is 6.